The number of carbonyl (C=O) groups is 4. The van der Waals surface area contributed by atoms with Gasteiger partial charge in [-0.3, -0.25) is 25.2 Å². The van der Waals surface area contributed by atoms with Gasteiger partial charge in [0.2, 0.25) is 5.91 Å². The number of primary amides is 1. The fourth-order valence-electron chi connectivity index (χ4n) is 2.33. The number of ether oxygens (including phenoxy) is 1. The van der Waals surface area contributed by atoms with Crippen molar-refractivity contribution in [1.29, 1.82) is 0 Å². The lowest BCUT2D eigenvalue weighted by molar-refractivity contribution is -0.124. The van der Waals surface area contributed by atoms with Crippen LogP contribution in [0.3, 0.4) is 0 Å². The molecule has 0 bridgehead atoms. The minimum Gasteiger partial charge on any atom is -0.445 e. The fourth-order valence-corrected chi connectivity index (χ4v) is 2.33. The second-order valence-corrected chi connectivity index (χ2v) is 6.07. The molecular weight excluding hydrogens is 376 g/mol. The Morgan fingerprint density at radius 2 is 1.52 bits per heavy atom. The van der Waals surface area contributed by atoms with Gasteiger partial charge in [0, 0.05) is 12.0 Å². The minimum absolute atomic E-state index is 0.0155. The van der Waals surface area contributed by atoms with Crippen LogP contribution in [0.4, 0.5) is 4.79 Å². The van der Waals surface area contributed by atoms with Gasteiger partial charge in [0.05, 0.1) is 0 Å². The van der Waals surface area contributed by atoms with E-state index in [9.17, 15) is 19.2 Å². The van der Waals surface area contributed by atoms with E-state index >= 15 is 0 Å². The first-order valence-corrected chi connectivity index (χ1v) is 8.86. The molecule has 0 saturated carbocycles. The van der Waals surface area contributed by atoms with Gasteiger partial charge in [-0.05, 0) is 24.1 Å². The Morgan fingerprint density at radius 3 is 2.14 bits per heavy atom. The summed E-state index contributed by atoms with van der Waals surface area (Å²) < 4.78 is 5.08. The van der Waals surface area contributed by atoms with Crippen LogP contribution in [0.2, 0.25) is 0 Å². The number of rotatable bonds is 8. The van der Waals surface area contributed by atoms with E-state index in [0.717, 1.165) is 5.56 Å². The summed E-state index contributed by atoms with van der Waals surface area (Å²) in [6.45, 7) is 0.0155. The van der Waals surface area contributed by atoms with E-state index in [-0.39, 0.29) is 19.4 Å². The largest absolute Gasteiger partial charge is 0.445 e. The van der Waals surface area contributed by atoms with E-state index in [1.165, 1.54) is 0 Å². The molecule has 1 atom stereocenters. The summed E-state index contributed by atoms with van der Waals surface area (Å²) in [5.74, 6) is -1.87. The highest BCUT2D eigenvalue weighted by molar-refractivity contribution is 5.96. The van der Waals surface area contributed by atoms with E-state index in [1.54, 1.807) is 54.6 Å². The Balaban J connectivity index is 1.89. The average Bonchev–Trinajstić information content (AvgIpc) is 2.74. The van der Waals surface area contributed by atoms with E-state index < -0.39 is 29.9 Å². The highest BCUT2D eigenvalue weighted by Crippen LogP contribution is 2.03. The molecule has 2 aromatic carbocycles. The molecule has 0 radical (unpaired) electrons. The molecular formula is C20H22N4O5. The van der Waals surface area contributed by atoms with Gasteiger partial charge in [-0.2, -0.15) is 0 Å². The van der Waals surface area contributed by atoms with E-state index in [0.29, 0.717) is 5.56 Å². The van der Waals surface area contributed by atoms with Crippen LogP contribution in [0.5, 0.6) is 0 Å². The molecule has 0 fully saturated rings. The van der Waals surface area contributed by atoms with Gasteiger partial charge < -0.3 is 15.8 Å². The minimum atomic E-state index is -1.12. The molecule has 9 heteroatoms. The Morgan fingerprint density at radius 1 is 0.897 bits per heavy atom. The molecule has 0 unspecified atom stereocenters. The number of carbonyl (C=O) groups excluding carboxylic acids is 4. The Labute approximate surface area is 167 Å². The SMILES string of the molecule is NC(=O)CC[C@H](NC(=O)OCc1ccccc1)C(=O)NNC(=O)c1ccccc1. The van der Waals surface area contributed by atoms with Crippen LogP contribution in [0, 0.1) is 0 Å². The summed E-state index contributed by atoms with van der Waals surface area (Å²) in [4.78, 5) is 47.4. The van der Waals surface area contributed by atoms with Crippen LogP contribution in [-0.2, 0) is 20.9 Å². The molecule has 152 valence electrons. The lowest BCUT2D eigenvalue weighted by Gasteiger charge is -2.18. The molecule has 2 aromatic rings. The molecule has 0 heterocycles. The van der Waals surface area contributed by atoms with Crippen molar-refractivity contribution in [2.24, 2.45) is 5.73 Å². The number of benzene rings is 2. The third-order valence-electron chi connectivity index (χ3n) is 3.84. The van der Waals surface area contributed by atoms with E-state index in [2.05, 4.69) is 16.2 Å². The van der Waals surface area contributed by atoms with Gasteiger partial charge >= 0.3 is 6.09 Å². The summed E-state index contributed by atoms with van der Waals surface area (Å²) in [5, 5.41) is 2.37. The van der Waals surface area contributed by atoms with Crippen molar-refractivity contribution in [2.45, 2.75) is 25.5 Å². The van der Waals surface area contributed by atoms with Crippen LogP contribution < -0.4 is 21.9 Å². The quantitative estimate of drug-likeness (QED) is 0.491. The van der Waals surface area contributed by atoms with Crippen LogP contribution in [0.25, 0.3) is 0 Å². The predicted molar refractivity (Wildman–Crippen MR) is 104 cm³/mol. The van der Waals surface area contributed by atoms with Crippen LogP contribution in [0.1, 0.15) is 28.8 Å². The predicted octanol–water partition coefficient (Wildman–Crippen LogP) is 1.01. The van der Waals surface area contributed by atoms with Crippen molar-refractivity contribution in [3.8, 4) is 0 Å². The number of nitrogens with one attached hydrogen (secondary N) is 3. The monoisotopic (exact) mass is 398 g/mol. The van der Waals surface area contributed by atoms with Crippen molar-refractivity contribution in [3.63, 3.8) is 0 Å². The lowest BCUT2D eigenvalue weighted by Crippen LogP contribution is -2.52. The summed E-state index contributed by atoms with van der Waals surface area (Å²) in [6.07, 6.45) is -1.03. The smallest absolute Gasteiger partial charge is 0.408 e. The maximum Gasteiger partial charge on any atom is 0.408 e. The van der Waals surface area contributed by atoms with Crippen molar-refractivity contribution in [3.05, 3.63) is 71.8 Å². The Hall–Kier alpha value is -3.88. The molecule has 2 rings (SSSR count). The van der Waals surface area contributed by atoms with Crippen LogP contribution >= 0.6 is 0 Å². The molecule has 0 aliphatic heterocycles. The maximum absolute atomic E-state index is 12.4. The van der Waals surface area contributed by atoms with Gasteiger partial charge in [0.15, 0.2) is 0 Å². The molecule has 0 spiro atoms. The first-order valence-electron chi connectivity index (χ1n) is 8.86. The summed E-state index contributed by atoms with van der Waals surface area (Å²) >= 11 is 0. The molecule has 4 amide bonds. The fraction of sp³-hybridized carbons (Fsp3) is 0.200. The third kappa shape index (κ3) is 7.71. The van der Waals surface area contributed by atoms with Gasteiger partial charge in [-0.15, -0.1) is 0 Å². The zero-order chi connectivity index (χ0) is 21.1. The lowest BCUT2D eigenvalue weighted by atomic mass is 10.1. The molecule has 9 nitrogen and oxygen atoms in total. The van der Waals surface area contributed by atoms with E-state index in [1.807, 2.05) is 6.07 Å². The molecule has 5 N–H and O–H groups in total. The van der Waals surface area contributed by atoms with Crippen molar-refractivity contribution in [1.82, 2.24) is 16.2 Å². The van der Waals surface area contributed by atoms with Gasteiger partial charge in [0.1, 0.15) is 12.6 Å². The number of hydrazine groups is 1. The molecule has 0 aliphatic rings. The average molecular weight is 398 g/mol. The van der Waals surface area contributed by atoms with Crippen LogP contribution in [0.15, 0.2) is 60.7 Å². The standard InChI is InChI=1S/C20H22N4O5/c21-17(25)12-11-16(22-20(28)29-13-14-7-3-1-4-8-14)19(27)24-23-18(26)15-9-5-2-6-10-15/h1-10,16H,11-13H2,(H2,21,25)(H,22,28)(H,23,26)(H,24,27)/t16-/m0/s1. The first-order chi connectivity index (χ1) is 14.0. The molecule has 29 heavy (non-hydrogen) atoms. The van der Waals surface area contributed by atoms with Crippen LogP contribution in [-0.4, -0.2) is 29.9 Å². The summed E-state index contributed by atoms with van der Waals surface area (Å²) in [5.41, 5.74) is 10.7. The molecule has 0 aromatic heterocycles. The highest BCUT2D eigenvalue weighted by atomic mass is 16.5. The van der Waals surface area contributed by atoms with Crippen molar-refractivity contribution >= 4 is 23.8 Å². The van der Waals surface area contributed by atoms with Gasteiger partial charge in [-0.1, -0.05) is 48.5 Å². The molecule has 0 aliphatic carbocycles. The zero-order valence-electron chi connectivity index (χ0n) is 15.6. The van der Waals surface area contributed by atoms with Crippen molar-refractivity contribution < 1.29 is 23.9 Å². The number of nitrogens with two attached hydrogens (primary N) is 1. The third-order valence-corrected chi connectivity index (χ3v) is 3.84. The number of amides is 4. The zero-order valence-corrected chi connectivity index (χ0v) is 15.6. The van der Waals surface area contributed by atoms with Gasteiger partial charge in [-0.25, -0.2) is 4.79 Å². The number of hydrogen-bond acceptors (Lipinski definition) is 5. The Kier molecular flexibility index (Phi) is 8.18. The summed E-state index contributed by atoms with van der Waals surface area (Å²) in [6, 6.07) is 16.1. The Bertz CT molecular complexity index is 842. The number of alkyl carbamates (subject to hydrolysis) is 1. The van der Waals surface area contributed by atoms with Crippen molar-refractivity contribution in [2.75, 3.05) is 0 Å². The first kappa shape index (κ1) is 21.4. The second-order valence-electron chi connectivity index (χ2n) is 6.07. The maximum atomic E-state index is 12.4. The highest BCUT2D eigenvalue weighted by Gasteiger charge is 2.22. The topological polar surface area (TPSA) is 140 Å². The normalized spacial score (nSPS) is 11.0. The molecule has 0 saturated heterocycles. The summed E-state index contributed by atoms with van der Waals surface area (Å²) in [7, 11) is 0. The number of hydrogen-bond donors (Lipinski definition) is 4. The second kappa shape index (κ2) is 11.1. The van der Waals surface area contributed by atoms with E-state index in [4.69, 9.17) is 10.5 Å². The van der Waals surface area contributed by atoms with Gasteiger partial charge in [0.25, 0.3) is 11.8 Å².